The number of carbonyl (C=O) groups is 1. The van der Waals surface area contributed by atoms with Gasteiger partial charge in [0.1, 0.15) is 0 Å². The predicted molar refractivity (Wildman–Crippen MR) is 97.9 cm³/mol. The summed E-state index contributed by atoms with van der Waals surface area (Å²) in [5.74, 6) is 0.0889. The molecule has 1 aromatic heterocycles. The number of nitrogens with one attached hydrogen (secondary N) is 1. The van der Waals surface area contributed by atoms with Gasteiger partial charge in [-0.15, -0.1) is 5.10 Å². The summed E-state index contributed by atoms with van der Waals surface area (Å²) in [4.78, 5) is 14.3. The fraction of sp³-hybridized carbons (Fsp3) is 0.211. The van der Waals surface area contributed by atoms with Crippen LogP contribution in [0.1, 0.15) is 21.5 Å². The summed E-state index contributed by atoms with van der Waals surface area (Å²) in [6, 6.07) is 13.3. The van der Waals surface area contributed by atoms with Crippen molar-refractivity contribution in [3.63, 3.8) is 0 Å². The Morgan fingerprint density at radius 2 is 1.64 bits per heavy atom. The predicted octanol–water partition coefficient (Wildman–Crippen LogP) is 3.67. The molecule has 0 aliphatic carbocycles. The molecule has 0 saturated heterocycles. The molecular formula is C19H20N4O2. The van der Waals surface area contributed by atoms with E-state index in [1.807, 2.05) is 57.1 Å². The van der Waals surface area contributed by atoms with Crippen molar-refractivity contribution in [2.75, 3.05) is 24.3 Å². The lowest BCUT2D eigenvalue weighted by Crippen LogP contribution is -2.13. The first kappa shape index (κ1) is 16.7. The van der Waals surface area contributed by atoms with Gasteiger partial charge in [0, 0.05) is 30.9 Å². The summed E-state index contributed by atoms with van der Waals surface area (Å²) >= 11 is 0. The number of amides is 1. The Kier molecular flexibility index (Phi) is 4.52. The molecule has 1 amide bonds. The van der Waals surface area contributed by atoms with Crippen LogP contribution in [-0.2, 0) is 0 Å². The summed E-state index contributed by atoms with van der Waals surface area (Å²) in [5, 5.41) is 10.6. The van der Waals surface area contributed by atoms with E-state index in [-0.39, 0.29) is 11.9 Å². The van der Waals surface area contributed by atoms with Gasteiger partial charge in [-0.25, -0.2) is 0 Å². The van der Waals surface area contributed by atoms with E-state index in [1.54, 1.807) is 12.1 Å². The van der Waals surface area contributed by atoms with Crippen molar-refractivity contribution in [3.05, 3.63) is 59.2 Å². The highest BCUT2D eigenvalue weighted by atomic mass is 16.4. The normalized spacial score (nSPS) is 10.6. The van der Waals surface area contributed by atoms with Gasteiger partial charge in [-0.1, -0.05) is 22.3 Å². The number of nitrogens with zero attached hydrogens (tertiary/aromatic N) is 3. The minimum atomic E-state index is -0.291. The molecular weight excluding hydrogens is 316 g/mol. The van der Waals surface area contributed by atoms with E-state index < -0.39 is 0 Å². The third-order valence-corrected chi connectivity index (χ3v) is 3.76. The molecule has 1 heterocycles. The lowest BCUT2D eigenvalue weighted by Gasteiger charge is -2.12. The maximum atomic E-state index is 12.3. The van der Waals surface area contributed by atoms with E-state index in [0.717, 1.165) is 22.4 Å². The summed E-state index contributed by atoms with van der Waals surface area (Å²) in [6.45, 7) is 4.01. The van der Waals surface area contributed by atoms with E-state index >= 15 is 0 Å². The van der Waals surface area contributed by atoms with Crippen LogP contribution in [0.4, 0.5) is 11.7 Å². The molecule has 0 unspecified atom stereocenters. The highest BCUT2D eigenvalue weighted by Crippen LogP contribution is 2.23. The third kappa shape index (κ3) is 3.85. The molecule has 0 aliphatic rings. The minimum absolute atomic E-state index is 0.0795. The molecule has 2 aromatic carbocycles. The van der Waals surface area contributed by atoms with Crippen molar-refractivity contribution >= 4 is 17.6 Å². The zero-order chi connectivity index (χ0) is 18.0. The largest absolute Gasteiger partial charge is 0.403 e. The topological polar surface area (TPSA) is 71.3 Å². The van der Waals surface area contributed by atoms with Gasteiger partial charge in [0.25, 0.3) is 5.91 Å². The molecule has 3 rings (SSSR count). The molecule has 0 spiro atoms. The summed E-state index contributed by atoms with van der Waals surface area (Å²) in [5.41, 5.74) is 4.60. The average Bonchev–Trinajstić information content (AvgIpc) is 3.02. The van der Waals surface area contributed by atoms with Gasteiger partial charge in [0.05, 0.1) is 0 Å². The molecule has 0 saturated carbocycles. The lowest BCUT2D eigenvalue weighted by atomic mass is 10.1. The van der Waals surface area contributed by atoms with Gasteiger partial charge < -0.3 is 9.32 Å². The van der Waals surface area contributed by atoms with Crippen LogP contribution in [0.2, 0.25) is 0 Å². The number of hydrogen-bond acceptors (Lipinski definition) is 5. The monoisotopic (exact) mass is 336 g/mol. The molecule has 0 radical (unpaired) electrons. The van der Waals surface area contributed by atoms with Crippen LogP contribution in [0.15, 0.2) is 46.9 Å². The molecule has 0 fully saturated rings. The van der Waals surface area contributed by atoms with Gasteiger partial charge in [-0.05, 0) is 50.2 Å². The van der Waals surface area contributed by atoms with Crippen molar-refractivity contribution in [1.29, 1.82) is 0 Å². The molecule has 0 atom stereocenters. The Balaban J connectivity index is 1.75. The number of benzene rings is 2. The fourth-order valence-electron chi connectivity index (χ4n) is 2.57. The number of carbonyl (C=O) groups excluding carboxylic acids is 1. The number of aromatic nitrogens is 2. The van der Waals surface area contributed by atoms with Crippen molar-refractivity contribution in [2.45, 2.75) is 13.8 Å². The van der Waals surface area contributed by atoms with Crippen LogP contribution >= 0.6 is 0 Å². The highest BCUT2D eigenvalue weighted by molar-refractivity contribution is 6.03. The zero-order valence-electron chi connectivity index (χ0n) is 14.7. The van der Waals surface area contributed by atoms with E-state index in [9.17, 15) is 4.79 Å². The van der Waals surface area contributed by atoms with Crippen molar-refractivity contribution < 1.29 is 9.21 Å². The maximum Gasteiger partial charge on any atom is 0.322 e. The van der Waals surface area contributed by atoms with Gasteiger partial charge in [0.15, 0.2) is 0 Å². The summed E-state index contributed by atoms with van der Waals surface area (Å²) < 4.78 is 5.57. The van der Waals surface area contributed by atoms with Crippen LogP contribution < -0.4 is 10.2 Å². The first-order valence-electron chi connectivity index (χ1n) is 7.93. The molecule has 1 N–H and O–H groups in total. The van der Waals surface area contributed by atoms with Gasteiger partial charge in [-0.3, -0.25) is 10.1 Å². The Hall–Kier alpha value is -3.15. The fourth-order valence-corrected chi connectivity index (χ4v) is 2.57. The molecule has 6 nitrogen and oxygen atoms in total. The molecule has 3 aromatic rings. The van der Waals surface area contributed by atoms with Gasteiger partial charge in [-0.2, -0.15) is 0 Å². The Morgan fingerprint density at radius 1 is 1.00 bits per heavy atom. The standard InChI is InChI=1S/C19H20N4O2/c1-12-9-13(2)11-15(10-12)18-21-22-19(25-18)20-17(24)14-5-7-16(8-6-14)23(3)4/h5-11H,1-4H3,(H,20,22,24). The SMILES string of the molecule is Cc1cc(C)cc(-c2nnc(NC(=O)c3ccc(N(C)C)cc3)o2)c1. The van der Waals surface area contributed by atoms with Crippen LogP contribution in [0.5, 0.6) is 0 Å². The van der Waals surface area contributed by atoms with E-state index in [4.69, 9.17) is 4.42 Å². The number of rotatable bonds is 4. The van der Waals surface area contributed by atoms with Crippen LogP contribution in [-0.4, -0.2) is 30.2 Å². The Labute approximate surface area is 146 Å². The third-order valence-electron chi connectivity index (χ3n) is 3.76. The van der Waals surface area contributed by atoms with Gasteiger partial charge >= 0.3 is 6.01 Å². The summed E-state index contributed by atoms with van der Waals surface area (Å²) in [7, 11) is 3.89. The maximum absolute atomic E-state index is 12.3. The smallest absolute Gasteiger partial charge is 0.322 e. The molecule has 6 heteroatoms. The average molecular weight is 336 g/mol. The Bertz CT molecular complexity index is 878. The molecule has 0 bridgehead atoms. The second kappa shape index (κ2) is 6.76. The van der Waals surface area contributed by atoms with Crippen molar-refractivity contribution in [2.24, 2.45) is 0 Å². The molecule has 25 heavy (non-hydrogen) atoms. The first-order valence-corrected chi connectivity index (χ1v) is 7.93. The van der Waals surface area contributed by atoms with E-state index in [1.165, 1.54) is 0 Å². The van der Waals surface area contributed by atoms with Crippen molar-refractivity contribution in [3.8, 4) is 11.5 Å². The van der Waals surface area contributed by atoms with Crippen molar-refractivity contribution in [1.82, 2.24) is 10.2 Å². The molecule has 128 valence electrons. The molecule has 0 aliphatic heterocycles. The number of hydrogen-bond donors (Lipinski definition) is 1. The van der Waals surface area contributed by atoms with Gasteiger partial charge in [0.2, 0.25) is 5.89 Å². The zero-order valence-corrected chi connectivity index (χ0v) is 14.7. The van der Waals surface area contributed by atoms with E-state index in [0.29, 0.717) is 11.5 Å². The second-order valence-corrected chi connectivity index (χ2v) is 6.18. The second-order valence-electron chi connectivity index (χ2n) is 6.18. The quantitative estimate of drug-likeness (QED) is 0.787. The Morgan fingerprint density at radius 3 is 2.24 bits per heavy atom. The summed E-state index contributed by atoms with van der Waals surface area (Å²) in [6.07, 6.45) is 0. The van der Waals surface area contributed by atoms with Crippen LogP contribution in [0.3, 0.4) is 0 Å². The number of anilines is 2. The van der Waals surface area contributed by atoms with Crippen LogP contribution in [0.25, 0.3) is 11.5 Å². The minimum Gasteiger partial charge on any atom is -0.403 e. The van der Waals surface area contributed by atoms with E-state index in [2.05, 4.69) is 21.6 Å². The first-order chi connectivity index (χ1) is 11.9. The van der Waals surface area contributed by atoms with Crippen LogP contribution in [0, 0.1) is 13.8 Å². The highest BCUT2D eigenvalue weighted by Gasteiger charge is 2.13. The number of aryl methyl sites for hydroxylation is 2. The lowest BCUT2D eigenvalue weighted by molar-refractivity contribution is 0.102.